The summed E-state index contributed by atoms with van der Waals surface area (Å²) in [6.07, 6.45) is -0.581. The molecule has 1 fully saturated rings. The fourth-order valence-corrected chi connectivity index (χ4v) is 3.56. The van der Waals surface area contributed by atoms with Crippen LogP contribution in [0.3, 0.4) is 0 Å². The Balaban J connectivity index is 1.63. The Morgan fingerprint density at radius 2 is 2.12 bits per heavy atom. The van der Waals surface area contributed by atoms with Gasteiger partial charge in [-0.1, -0.05) is 6.07 Å². The van der Waals surface area contributed by atoms with Crippen molar-refractivity contribution in [2.45, 2.75) is 26.1 Å². The lowest BCUT2D eigenvalue weighted by atomic mass is 10.1. The molecule has 33 heavy (non-hydrogen) atoms. The lowest BCUT2D eigenvalue weighted by Gasteiger charge is -2.18. The van der Waals surface area contributed by atoms with Crippen molar-refractivity contribution in [3.05, 3.63) is 30.1 Å². The lowest BCUT2D eigenvalue weighted by Crippen LogP contribution is -2.28. The Hall–Kier alpha value is -3.48. The largest absolute Gasteiger partial charge is 0.411 e. The molecule has 0 radical (unpaired) electrons. The highest BCUT2D eigenvalue weighted by molar-refractivity contribution is 5.88. The number of halogens is 3. The van der Waals surface area contributed by atoms with E-state index in [0.29, 0.717) is 48.1 Å². The maximum absolute atomic E-state index is 12.4. The van der Waals surface area contributed by atoms with Crippen molar-refractivity contribution in [2.24, 2.45) is 11.7 Å². The monoisotopic (exact) mass is 464 g/mol. The number of primary amides is 1. The number of aromatic nitrogens is 5. The fourth-order valence-electron chi connectivity index (χ4n) is 3.56. The van der Waals surface area contributed by atoms with E-state index in [9.17, 15) is 18.0 Å². The van der Waals surface area contributed by atoms with Crippen molar-refractivity contribution >= 4 is 34.5 Å². The number of aryl methyl sites for hydroxylation is 1. The molecule has 4 heterocycles. The van der Waals surface area contributed by atoms with Crippen molar-refractivity contribution in [3.63, 3.8) is 0 Å². The van der Waals surface area contributed by atoms with E-state index >= 15 is 0 Å². The van der Waals surface area contributed by atoms with Crippen LogP contribution in [0.1, 0.15) is 12.0 Å². The Morgan fingerprint density at radius 3 is 2.79 bits per heavy atom. The van der Waals surface area contributed by atoms with Gasteiger partial charge in [0.05, 0.1) is 25.3 Å². The molecule has 0 aliphatic carbocycles. The van der Waals surface area contributed by atoms with Gasteiger partial charge in [-0.2, -0.15) is 23.3 Å². The normalized spacial score (nSPS) is 16.5. The average Bonchev–Trinajstić information content (AvgIpc) is 3.40. The van der Waals surface area contributed by atoms with Crippen LogP contribution < -0.4 is 16.0 Å². The predicted molar refractivity (Wildman–Crippen MR) is 114 cm³/mol. The van der Waals surface area contributed by atoms with Crippen LogP contribution in [0.25, 0.3) is 11.0 Å². The standard InChI is InChI=1S/C20H23F3N8O2/c1-12-2-3-15(25-8-12)28-18-16-14(9-26-31(16)6-7-33-11-20(21,22)23)27-19(29-18)30-5-4-13(10-30)17(24)32/h2-3,8-9,13H,4-7,10-11H2,1H3,(H2,24,32)(H,25,27,28,29)/t13-/m1/s1. The first kappa shape index (κ1) is 22.7. The Labute approximate surface area is 187 Å². The van der Waals surface area contributed by atoms with Crippen molar-refractivity contribution < 1.29 is 22.7 Å². The first-order chi connectivity index (χ1) is 15.7. The minimum absolute atomic E-state index is 0.0752. The molecule has 0 spiro atoms. The number of anilines is 3. The summed E-state index contributed by atoms with van der Waals surface area (Å²) in [5.41, 5.74) is 7.42. The van der Waals surface area contributed by atoms with E-state index in [1.807, 2.05) is 17.9 Å². The van der Waals surface area contributed by atoms with Crippen LogP contribution in [-0.2, 0) is 16.1 Å². The van der Waals surface area contributed by atoms with E-state index in [2.05, 4.69) is 25.4 Å². The number of fused-ring (bicyclic) bond motifs is 1. The smallest absolute Gasteiger partial charge is 0.370 e. The number of nitrogens with zero attached hydrogens (tertiary/aromatic N) is 6. The maximum atomic E-state index is 12.4. The molecule has 0 unspecified atom stereocenters. The molecule has 1 atom stereocenters. The molecule has 0 saturated carbocycles. The number of carbonyl (C=O) groups excluding carboxylic acids is 1. The third-order valence-electron chi connectivity index (χ3n) is 5.22. The summed E-state index contributed by atoms with van der Waals surface area (Å²) in [5, 5.41) is 7.41. The minimum atomic E-state index is -4.40. The number of ether oxygens (including phenoxy) is 1. The molecule has 4 rings (SSSR count). The number of carbonyl (C=O) groups is 1. The molecule has 0 bridgehead atoms. The highest BCUT2D eigenvalue weighted by atomic mass is 19.4. The van der Waals surface area contributed by atoms with Gasteiger partial charge in [0.15, 0.2) is 5.82 Å². The fraction of sp³-hybridized carbons (Fsp3) is 0.450. The molecule has 1 amide bonds. The van der Waals surface area contributed by atoms with E-state index in [0.717, 1.165) is 5.56 Å². The van der Waals surface area contributed by atoms with E-state index in [4.69, 9.17) is 10.5 Å². The van der Waals surface area contributed by atoms with E-state index in [1.165, 1.54) is 10.9 Å². The van der Waals surface area contributed by atoms with Crippen LogP contribution in [0.2, 0.25) is 0 Å². The highest BCUT2D eigenvalue weighted by Gasteiger charge is 2.30. The molecule has 3 N–H and O–H groups in total. The molecular weight excluding hydrogens is 441 g/mol. The molecule has 1 saturated heterocycles. The van der Waals surface area contributed by atoms with Crippen LogP contribution in [0.5, 0.6) is 0 Å². The van der Waals surface area contributed by atoms with E-state index < -0.39 is 12.8 Å². The molecule has 10 nitrogen and oxygen atoms in total. The first-order valence-corrected chi connectivity index (χ1v) is 10.3. The van der Waals surface area contributed by atoms with Gasteiger partial charge in [0, 0.05) is 19.3 Å². The van der Waals surface area contributed by atoms with Crippen LogP contribution in [0.4, 0.5) is 30.8 Å². The number of amides is 1. The van der Waals surface area contributed by atoms with Gasteiger partial charge in [-0.15, -0.1) is 0 Å². The van der Waals surface area contributed by atoms with E-state index in [1.54, 1.807) is 12.3 Å². The van der Waals surface area contributed by atoms with Gasteiger partial charge in [0.25, 0.3) is 0 Å². The molecule has 1 aliphatic rings. The number of hydrogen-bond acceptors (Lipinski definition) is 8. The van der Waals surface area contributed by atoms with Crippen molar-refractivity contribution in [3.8, 4) is 0 Å². The molecule has 13 heteroatoms. The molecule has 0 aromatic carbocycles. The number of alkyl halides is 3. The van der Waals surface area contributed by atoms with Crippen molar-refractivity contribution in [1.29, 1.82) is 0 Å². The van der Waals surface area contributed by atoms with Crippen LogP contribution >= 0.6 is 0 Å². The quantitative estimate of drug-likeness (QED) is 0.486. The Morgan fingerprint density at radius 1 is 1.30 bits per heavy atom. The first-order valence-electron chi connectivity index (χ1n) is 10.3. The molecule has 3 aromatic heterocycles. The van der Waals surface area contributed by atoms with Gasteiger partial charge in [-0.05, 0) is 25.0 Å². The zero-order valence-electron chi connectivity index (χ0n) is 17.8. The van der Waals surface area contributed by atoms with Crippen LogP contribution in [0.15, 0.2) is 24.5 Å². The summed E-state index contributed by atoms with van der Waals surface area (Å²) < 4.78 is 43.3. The molecular formula is C20H23F3N8O2. The number of hydrogen-bond donors (Lipinski definition) is 2. The summed E-state index contributed by atoms with van der Waals surface area (Å²) in [6.45, 7) is 1.44. The van der Waals surface area contributed by atoms with Crippen LogP contribution in [-0.4, -0.2) is 63.1 Å². The van der Waals surface area contributed by atoms with Crippen molar-refractivity contribution in [1.82, 2.24) is 24.7 Å². The Kier molecular flexibility index (Phi) is 6.31. The van der Waals surface area contributed by atoms with Gasteiger partial charge in [0.1, 0.15) is 23.5 Å². The van der Waals surface area contributed by atoms with Gasteiger partial charge in [-0.25, -0.2) is 9.97 Å². The third-order valence-corrected chi connectivity index (χ3v) is 5.22. The van der Waals surface area contributed by atoms with Gasteiger partial charge in [0.2, 0.25) is 11.9 Å². The number of nitrogens with two attached hydrogens (primary N) is 1. The third kappa shape index (κ3) is 5.48. The predicted octanol–water partition coefficient (Wildman–Crippen LogP) is 2.16. The second-order valence-corrected chi connectivity index (χ2v) is 7.82. The molecule has 3 aromatic rings. The molecule has 1 aliphatic heterocycles. The summed E-state index contributed by atoms with van der Waals surface area (Å²) in [5.74, 6) is 0.667. The summed E-state index contributed by atoms with van der Waals surface area (Å²) >= 11 is 0. The average molecular weight is 464 g/mol. The van der Waals surface area contributed by atoms with Gasteiger partial charge >= 0.3 is 6.18 Å². The number of pyridine rings is 1. The number of nitrogens with one attached hydrogen (secondary N) is 1. The number of rotatable bonds is 8. The van der Waals surface area contributed by atoms with Gasteiger partial charge < -0.3 is 20.7 Å². The second-order valence-electron chi connectivity index (χ2n) is 7.82. The second kappa shape index (κ2) is 9.17. The van der Waals surface area contributed by atoms with Gasteiger partial charge in [-0.3, -0.25) is 9.48 Å². The Bertz CT molecular complexity index is 1130. The molecule has 176 valence electrons. The summed E-state index contributed by atoms with van der Waals surface area (Å²) in [7, 11) is 0. The lowest BCUT2D eigenvalue weighted by molar-refractivity contribution is -0.174. The zero-order valence-corrected chi connectivity index (χ0v) is 17.8. The SMILES string of the molecule is Cc1ccc(Nc2nc(N3CC[C@@H](C(N)=O)C3)nc3cnn(CCOCC(F)(F)F)c23)nc1. The highest BCUT2D eigenvalue weighted by Crippen LogP contribution is 2.28. The summed E-state index contributed by atoms with van der Waals surface area (Å²) in [6, 6.07) is 3.67. The maximum Gasteiger partial charge on any atom is 0.411 e. The van der Waals surface area contributed by atoms with Crippen LogP contribution in [0, 0.1) is 12.8 Å². The summed E-state index contributed by atoms with van der Waals surface area (Å²) in [4.78, 5) is 26.9. The van der Waals surface area contributed by atoms with Crippen molar-refractivity contribution in [2.75, 3.05) is 36.5 Å². The minimum Gasteiger partial charge on any atom is -0.370 e. The zero-order chi connectivity index (χ0) is 23.6. The topological polar surface area (TPSA) is 124 Å². The van der Waals surface area contributed by atoms with E-state index in [-0.39, 0.29) is 25.0 Å².